The lowest BCUT2D eigenvalue weighted by atomic mass is 9.78. The molecule has 494 valence electrons. The Balaban J connectivity index is 0.00000104. The van der Waals surface area contributed by atoms with Gasteiger partial charge in [0.1, 0.15) is 0 Å². The predicted octanol–water partition coefficient (Wildman–Crippen LogP) is 0.638. The molecular formula is C57H84N4O27. The molecule has 6 atom stereocenters. The molecule has 0 aliphatic carbocycles. The number of esters is 7. The molecule has 0 saturated carbocycles. The number of carboxylic acids is 2. The van der Waals surface area contributed by atoms with Crippen molar-refractivity contribution in [1.82, 2.24) is 16.0 Å². The molecule has 5 aliphatic heterocycles. The number of hydrogen-bond acceptors (Lipinski definition) is 25. The Morgan fingerprint density at radius 1 is 0.591 bits per heavy atom. The van der Waals surface area contributed by atoms with Crippen LogP contribution in [0.15, 0.2) is 25.3 Å². The number of imide groups is 3. The van der Waals surface area contributed by atoms with Crippen LogP contribution in [-0.4, -0.2) is 175 Å². The van der Waals surface area contributed by atoms with Gasteiger partial charge in [-0.05, 0) is 98.8 Å². The number of carbonyl (C=O) groups excluding carboxylic acids is 14. The number of ether oxygens (including phenoxy) is 7. The van der Waals surface area contributed by atoms with Crippen LogP contribution in [-0.2, 0) is 110 Å². The van der Waals surface area contributed by atoms with Crippen LogP contribution in [0.5, 0.6) is 0 Å². The monoisotopic (exact) mass is 1260 g/mol. The maximum atomic E-state index is 11.7. The third kappa shape index (κ3) is 21.4. The number of carbonyl (C=O) groups is 16. The van der Waals surface area contributed by atoms with Gasteiger partial charge in [0.15, 0.2) is 27.1 Å². The van der Waals surface area contributed by atoms with Crippen LogP contribution >= 0.6 is 0 Å². The van der Waals surface area contributed by atoms with Gasteiger partial charge in [0, 0.05) is 19.6 Å². The number of nitrogens with one attached hydrogen (secondary N) is 3. The van der Waals surface area contributed by atoms with Crippen molar-refractivity contribution >= 4 is 95.1 Å². The summed E-state index contributed by atoms with van der Waals surface area (Å²) in [5.41, 5.74) is -2.98. The molecule has 5 heterocycles. The molecule has 31 nitrogen and oxygen atoms in total. The molecule has 0 spiro atoms. The molecular weight excluding hydrogens is 1170 g/mol. The standard InChI is InChI=1S/C11H16O4.C10H17NO6.C10H15NO5.C10H14O6.C9H11NO4.C7H11NO2/c1-3-6-11(9(12)14-4-2)7-5-8-15-10(11)13;1-2-17-9(16)10(8(11)15,4-3-5-12)6-7(13)14;1-2-16-9(15)10(4-3-5-12)6-7(13)11-8(10)14;1-2-15-8(13)10(6-7(11)12)4-3-5-16-9(10)14;1-3-9(8(13)14-4-2)5-6(11)10-7(9)12;1-3-7(2)4-5(9)8-6(7)10/h3H,1,4-8H2,2H3;12H,2-6H2,1H3,(H2,11,15)(H,13,14);12H,2-6H2,1H3,(H,11,13,14);2-6H2,1H3,(H,11,12);3H,1,4-5H2,2H3,(H,10,11,12);3-4H2,1-2H3,(H,8,9,10)/t11-;3*10-;9-;7-/m000101/s1. The summed E-state index contributed by atoms with van der Waals surface area (Å²) in [6.07, 6.45) is 4.51. The summed E-state index contributed by atoms with van der Waals surface area (Å²) < 4.78 is 33.6. The van der Waals surface area contributed by atoms with E-state index in [1.54, 1.807) is 33.8 Å². The number of nitrogens with two attached hydrogens (primary N) is 1. The highest BCUT2D eigenvalue weighted by Gasteiger charge is 2.55. The lowest BCUT2D eigenvalue weighted by molar-refractivity contribution is -0.182. The average molecular weight is 1260 g/mol. The highest BCUT2D eigenvalue weighted by molar-refractivity contribution is 6.18. The van der Waals surface area contributed by atoms with Crippen molar-refractivity contribution in [2.75, 3.05) is 59.5 Å². The number of aliphatic hydroxyl groups excluding tert-OH is 2. The van der Waals surface area contributed by atoms with Crippen molar-refractivity contribution < 1.29 is 130 Å². The summed E-state index contributed by atoms with van der Waals surface area (Å²) in [6, 6.07) is 0. The molecule has 5 fully saturated rings. The smallest absolute Gasteiger partial charge is 0.326 e. The molecule has 5 aliphatic rings. The summed E-state index contributed by atoms with van der Waals surface area (Å²) in [7, 11) is 0. The van der Waals surface area contributed by atoms with Gasteiger partial charge in [0.05, 0.1) is 77.3 Å². The molecule has 5 rings (SSSR count). The van der Waals surface area contributed by atoms with Crippen molar-refractivity contribution in [2.45, 2.75) is 145 Å². The maximum absolute atomic E-state index is 11.7. The molecule has 0 unspecified atom stereocenters. The van der Waals surface area contributed by atoms with E-state index in [1.165, 1.54) is 6.92 Å². The maximum Gasteiger partial charge on any atom is 0.326 e. The quantitative estimate of drug-likeness (QED) is 0.0204. The Morgan fingerprint density at radius 2 is 1.03 bits per heavy atom. The number of aliphatic carboxylic acids is 2. The Hall–Kier alpha value is -8.48. The largest absolute Gasteiger partial charge is 0.481 e. The van der Waals surface area contributed by atoms with E-state index in [2.05, 4.69) is 28.5 Å². The topological polar surface area (TPSA) is 481 Å². The Bertz CT molecular complexity index is 2590. The Morgan fingerprint density at radius 3 is 1.39 bits per heavy atom. The predicted molar refractivity (Wildman–Crippen MR) is 299 cm³/mol. The van der Waals surface area contributed by atoms with Gasteiger partial charge in [-0.25, -0.2) is 0 Å². The average Bonchev–Trinajstić information content (AvgIpc) is 1.89. The fourth-order valence-corrected chi connectivity index (χ4v) is 9.05. The number of allylic oxidation sites excluding steroid dienone is 1. The molecule has 0 radical (unpaired) electrons. The molecule has 31 heteroatoms. The van der Waals surface area contributed by atoms with Crippen molar-refractivity contribution in [3.63, 3.8) is 0 Å². The number of primary amides is 1. The van der Waals surface area contributed by atoms with Crippen molar-refractivity contribution in [1.29, 1.82) is 0 Å². The summed E-state index contributed by atoms with van der Waals surface area (Å²) in [5, 5.41) is 41.4. The van der Waals surface area contributed by atoms with E-state index in [-0.39, 0.29) is 116 Å². The molecule has 88 heavy (non-hydrogen) atoms. The van der Waals surface area contributed by atoms with Gasteiger partial charge in [-0.3, -0.25) is 92.7 Å². The van der Waals surface area contributed by atoms with E-state index in [9.17, 15) is 76.7 Å². The van der Waals surface area contributed by atoms with E-state index in [0.29, 0.717) is 32.3 Å². The number of aliphatic hydroxyl groups is 2. The minimum absolute atomic E-state index is 0.0204. The van der Waals surface area contributed by atoms with Crippen LogP contribution < -0.4 is 21.7 Å². The lowest BCUT2D eigenvalue weighted by Gasteiger charge is -2.31. The second kappa shape index (κ2) is 37.9. The second-order valence-corrected chi connectivity index (χ2v) is 20.3. The zero-order valence-electron chi connectivity index (χ0n) is 50.8. The summed E-state index contributed by atoms with van der Waals surface area (Å²) >= 11 is 0. The summed E-state index contributed by atoms with van der Waals surface area (Å²) in [5.74, 6) is -11.0. The third-order valence-corrected chi connectivity index (χ3v) is 14.2. The van der Waals surface area contributed by atoms with Gasteiger partial charge in [-0.15, -0.1) is 13.2 Å². The van der Waals surface area contributed by atoms with Crippen LogP contribution in [0.3, 0.4) is 0 Å². The highest BCUT2D eigenvalue weighted by Crippen LogP contribution is 2.38. The minimum atomic E-state index is -1.90. The molecule has 0 bridgehead atoms. The van der Waals surface area contributed by atoms with Crippen LogP contribution in [0.1, 0.15) is 145 Å². The fourth-order valence-electron chi connectivity index (χ4n) is 9.05. The van der Waals surface area contributed by atoms with E-state index < -0.39 is 129 Å². The highest BCUT2D eigenvalue weighted by atomic mass is 16.6. The number of hydrogen-bond donors (Lipinski definition) is 8. The molecule has 0 aromatic rings. The summed E-state index contributed by atoms with van der Waals surface area (Å²) in [4.78, 5) is 181. The van der Waals surface area contributed by atoms with Crippen LogP contribution in [0.2, 0.25) is 0 Å². The fraction of sp³-hybridized carbons (Fsp3) is 0.649. The normalized spacial score (nSPS) is 23.7. The Kier molecular flexibility index (Phi) is 34.3. The van der Waals surface area contributed by atoms with Crippen LogP contribution in [0.25, 0.3) is 0 Å². The molecule has 0 aromatic carbocycles. The SMILES string of the molecule is C=CC[C@@]1(C(=O)OCC)CCCOC1=O.C=C[C@]1(C(=O)OCC)CC(=O)NC1=O.CCOC(=O)[C@@](CCCO)(CC(=O)O)C(N)=O.CCOC(=O)[C@@]1(CCCO)CC(=O)NC1=O.CCOC(=O)[C@]1(CC(=O)O)CCCOC1=O.CC[C@]1(C)CC(=O)NC1=O. The zero-order valence-corrected chi connectivity index (χ0v) is 50.8. The van der Waals surface area contributed by atoms with Gasteiger partial charge < -0.3 is 59.3 Å². The minimum Gasteiger partial charge on any atom is -0.481 e. The number of carboxylic acid groups (broad SMARTS) is 2. The van der Waals surface area contributed by atoms with Gasteiger partial charge in [-0.1, -0.05) is 26.0 Å². The number of rotatable bonds is 25. The molecule has 0 aromatic heterocycles. The third-order valence-electron chi connectivity index (χ3n) is 14.2. The Labute approximate surface area is 507 Å². The van der Waals surface area contributed by atoms with Gasteiger partial charge in [0.2, 0.25) is 41.4 Å². The molecule has 5 saturated heterocycles. The lowest BCUT2D eigenvalue weighted by Crippen LogP contribution is -2.46. The number of amides is 7. The molecule has 9 N–H and O–H groups in total. The first kappa shape index (κ1) is 79.5. The van der Waals surface area contributed by atoms with E-state index >= 15 is 0 Å². The first-order valence-corrected chi connectivity index (χ1v) is 28.2. The van der Waals surface area contributed by atoms with Gasteiger partial charge in [0.25, 0.3) is 0 Å². The van der Waals surface area contributed by atoms with E-state index in [0.717, 1.165) is 12.5 Å². The van der Waals surface area contributed by atoms with Gasteiger partial charge in [-0.2, -0.15) is 0 Å². The van der Waals surface area contributed by atoms with Crippen LogP contribution in [0.4, 0.5) is 0 Å². The van der Waals surface area contributed by atoms with Crippen molar-refractivity contribution in [3.8, 4) is 0 Å². The second-order valence-electron chi connectivity index (χ2n) is 20.3. The first-order valence-electron chi connectivity index (χ1n) is 28.2. The van der Waals surface area contributed by atoms with E-state index in [1.807, 2.05) is 19.2 Å². The first-order chi connectivity index (χ1) is 41.3. The van der Waals surface area contributed by atoms with Crippen LogP contribution in [0, 0.1) is 32.5 Å². The van der Waals surface area contributed by atoms with Crippen molar-refractivity contribution in [2.24, 2.45) is 38.2 Å². The number of cyclic esters (lactones) is 2. The van der Waals surface area contributed by atoms with Crippen molar-refractivity contribution in [3.05, 3.63) is 25.3 Å². The zero-order chi connectivity index (χ0) is 67.7. The van der Waals surface area contributed by atoms with Gasteiger partial charge >= 0.3 is 53.7 Å². The van der Waals surface area contributed by atoms with E-state index in [4.69, 9.17) is 54.6 Å². The molecule has 7 amide bonds. The summed E-state index contributed by atoms with van der Waals surface area (Å²) in [6.45, 7) is 19.7.